The van der Waals surface area contributed by atoms with Crippen LogP contribution in [0.15, 0.2) is 24.3 Å². The first-order chi connectivity index (χ1) is 13.5. The lowest BCUT2D eigenvalue weighted by Gasteiger charge is -2.38. The fourth-order valence-electron chi connectivity index (χ4n) is 4.16. The molecule has 1 saturated heterocycles. The smallest absolute Gasteiger partial charge is 0.319 e. The van der Waals surface area contributed by atoms with E-state index in [4.69, 9.17) is 4.74 Å². The van der Waals surface area contributed by atoms with Gasteiger partial charge >= 0.3 is 5.97 Å². The van der Waals surface area contributed by atoms with Crippen molar-refractivity contribution in [2.24, 2.45) is 5.41 Å². The van der Waals surface area contributed by atoms with Crippen molar-refractivity contribution in [3.8, 4) is 5.75 Å². The topological polar surface area (TPSA) is 87.2 Å². The van der Waals surface area contributed by atoms with Gasteiger partial charge in [0.15, 0.2) is 0 Å². The molecule has 1 N–H and O–H groups in total. The van der Waals surface area contributed by atoms with E-state index in [0.29, 0.717) is 51.9 Å². The largest absolute Gasteiger partial charge is 0.497 e. The number of amides is 2. The van der Waals surface area contributed by atoms with Gasteiger partial charge in [0.25, 0.3) is 0 Å². The number of carbonyl (C=O) groups is 3. The van der Waals surface area contributed by atoms with E-state index in [1.54, 1.807) is 16.9 Å². The van der Waals surface area contributed by atoms with Gasteiger partial charge in [-0.15, -0.1) is 0 Å². The number of methoxy groups -OCH3 is 1. The Bertz CT molecular complexity index is 717. The van der Waals surface area contributed by atoms with E-state index in [2.05, 4.69) is 0 Å². The number of aliphatic carboxylic acids is 1. The average molecular weight is 388 g/mol. The minimum Gasteiger partial charge on any atom is -0.497 e. The summed E-state index contributed by atoms with van der Waals surface area (Å²) in [6.07, 6.45) is 3.47. The van der Waals surface area contributed by atoms with Gasteiger partial charge in [0.1, 0.15) is 11.2 Å². The fourth-order valence-corrected chi connectivity index (χ4v) is 4.16. The van der Waals surface area contributed by atoms with Gasteiger partial charge in [0.05, 0.1) is 7.11 Å². The Balaban J connectivity index is 1.49. The van der Waals surface area contributed by atoms with Crippen LogP contribution < -0.4 is 4.74 Å². The summed E-state index contributed by atoms with van der Waals surface area (Å²) in [4.78, 5) is 40.5. The van der Waals surface area contributed by atoms with Crippen LogP contribution in [-0.4, -0.2) is 66.0 Å². The maximum absolute atomic E-state index is 12.8. The molecule has 2 amide bonds. The monoisotopic (exact) mass is 388 g/mol. The first kappa shape index (κ1) is 20.2. The predicted octanol–water partition coefficient (Wildman–Crippen LogP) is 1.94. The third kappa shape index (κ3) is 4.13. The van der Waals surface area contributed by atoms with Crippen LogP contribution in [0, 0.1) is 5.41 Å². The molecule has 2 fully saturated rings. The number of ether oxygens (including phenoxy) is 1. The first-order valence-corrected chi connectivity index (χ1v) is 9.90. The van der Waals surface area contributed by atoms with Gasteiger partial charge in [0.2, 0.25) is 11.8 Å². The number of carboxylic acids is 1. The van der Waals surface area contributed by atoms with Gasteiger partial charge < -0.3 is 19.6 Å². The summed E-state index contributed by atoms with van der Waals surface area (Å²) in [6, 6.07) is 7.67. The van der Waals surface area contributed by atoms with E-state index in [1.165, 1.54) is 0 Å². The number of carboxylic acid groups (broad SMARTS) is 1. The first-order valence-electron chi connectivity index (χ1n) is 9.90. The zero-order valence-corrected chi connectivity index (χ0v) is 16.4. The number of aryl methyl sites for hydroxylation is 1. The molecule has 1 aliphatic carbocycles. The van der Waals surface area contributed by atoms with Gasteiger partial charge in [-0.3, -0.25) is 14.4 Å². The van der Waals surface area contributed by atoms with Crippen molar-refractivity contribution in [3.05, 3.63) is 29.8 Å². The lowest BCUT2D eigenvalue weighted by molar-refractivity contribution is -0.162. The molecule has 28 heavy (non-hydrogen) atoms. The summed E-state index contributed by atoms with van der Waals surface area (Å²) in [5.41, 5.74) is -0.173. The van der Waals surface area contributed by atoms with Gasteiger partial charge in [-0.2, -0.15) is 0 Å². The summed E-state index contributed by atoms with van der Waals surface area (Å²) >= 11 is 0. The highest BCUT2D eigenvalue weighted by Gasteiger charge is 2.50. The SMILES string of the molecule is COc1ccc(CCC(=O)N2CCN(C(=O)C3(C(=O)O)CCCC3)CC2)cc1. The third-order valence-electron chi connectivity index (χ3n) is 5.98. The van der Waals surface area contributed by atoms with Crippen LogP contribution in [0.2, 0.25) is 0 Å². The van der Waals surface area contributed by atoms with Crippen LogP contribution in [0.5, 0.6) is 5.75 Å². The third-order valence-corrected chi connectivity index (χ3v) is 5.98. The molecule has 0 atom stereocenters. The number of nitrogens with zero attached hydrogens (tertiary/aromatic N) is 2. The second-order valence-electron chi connectivity index (χ2n) is 7.62. The number of piperazine rings is 1. The quantitative estimate of drug-likeness (QED) is 0.753. The van der Waals surface area contributed by atoms with Crippen molar-refractivity contribution in [2.75, 3.05) is 33.3 Å². The molecular weight excluding hydrogens is 360 g/mol. The van der Waals surface area contributed by atoms with Crippen LogP contribution in [0.25, 0.3) is 0 Å². The molecular formula is C21H28N2O5. The van der Waals surface area contributed by atoms with Gasteiger partial charge in [-0.05, 0) is 37.0 Å². The van der Waals surface area contributed by atoms with Crippen LogP contribution in [0.4, 0.5) is 0 Å². The standard InChI is InChI=1S/C21H28N2O5/c1-28-17-7-4-16(5-8-17)6-9-18(24)22-12-14-23(15-13-22)19(25)21(20(26)27)10-2-3-11-21/h4-5,7-8H,2-3,6,9-15H2,1H3,(H,26,27). The lowest BCUT2D eigenvalue weighted by atomic mass is 9.84. The molecule has 2 aliphatic rings. The van der Waals surface area contributed by atoms with E-state index < -0.39 is 11.4 Å². The number of benzene rings is 1. The molecule has 1 aromatic carbocycles. The van der Waals surface area contributed by atoms with Gasteiger partial charge in [0, 0.05) is 32.6 Å². The van der Waals surface area contributed by atoms with E-state index in [-0.39, 0.29) is 11.8 Å². The molecule has 7 heteroatoms. The Kier molecular flexibility index (Phi) is 6.21. The molecule has 0 aromatic heterocycles. The van der Waals surface area contributed by atoms with E-state index >= 15 is 0 Å². The number of hydrogen-bond donors (Lipinski definition) is 1. The lowest BCUT2D eigenvalue weighted by Crippen LogP contribution is -2.55. The molecule has 1 heterocycles. The Hall–Kier alpha value is -2.57. The number of rotatable bonds is 6. The second kappa shape index (κ2) is 8.63. The molecule has 152 valence electrons. The minimum absolute atomic E-state index is 0.0664. The minimum atomic E-state index is -1.25. The van der Waals surface area contributed by atoms with Crippen molar-refractivity contribution in [1.29, 1.82) is 0 Å². The summed E-state index contributed by atoms with van der Waals surface area (Å²) < 4.78 is 5.13. The summed E-state index contributed by atoms with van der Waals surface area (Å²) in [5, 5.41) is 9.60. The van der Waals surface area contributed by atoms with Crippen molar-refractivity contribution >= 4 is 17.8 Å². The summed E-state index contributed by atoms with van der Waals surface area (Å²) in [5.74, 6) is -0.426. The summed E-state index contributed by atoms with van der Waals surface area (Å²) in [7, 11) is 1.62. The van der Waals surface area contributed by atoms with Crippen LogP contribution in [0.3, 0.4) is 0 Å². The van der Waals surface area contributed by atoms with Crippen LogP contribution in [-0.2, 0) is 20.8 Å². The molecule has 1 saturated carbocycles. The maximum Gasteiger partial charge on any atom is 0.319 e. The predicted molar refractivity (Wildman–Crippen MR) is 103 cm³/mol. The number of carbonyl (C=O) groups excluding carboxylic acids is 2. The van der Waals surface area contributed by atoms with Crippen LogP contribution >= 0.6 is 0 Å². The van der Waals surface area contributed by atoms with Crippen LogP contribution in [0.1, 0.15) is 37.7 Å². The highest BCUT2D eigenvalue weighted by atomic mass is 16.5. The fraction of sp³-hybridized carbons (Fsp3) is 0.571. The number of hydrogen-bond acceptors (Lipinski definition) is 4. The van der Waals surface area contributed by atoms with Crippen molar-refractivity contribution in [2.45, 2.75) is 38.5 Å². The summed E-state index contributed by atoms with van der Waals surface area (Å²) in [6.45, 7) is 1.73. The molecule has 7 nitrogen and oxygen atoms in total. The molecule has 0 unspecified atom stereocenters. The second-order valence-corrected chi connectivity index (χ2v) is 7.62. The Morgan fingerprint density at radius 1 is 1.00 bits per heavy atom. The average Bonchev–Trinajstić information content (AvgIpc) is 3.23. The molecule has 0 radical (unpaired) electrons. The Morgan fingerprint density at radius 3 is 2.11 bits per heavy atom. The van der Waals surface area contributed by atoms with Crippen molar-refractivity contribution in [3.63, 3.8) is 0 Å². The zero-order valence-electron chi connectivity index (χ0n) is 16.4. The highest BCUT2D eigenvalue weighted by Crippen LogP contribution is 2.40. The van der Waals surface area contributed by atoms with Crippen molar-refractivity contribution in [1.82, 2.24) is 9.80 Å². The Labute approximate surface area is 165 Å². The zero-order chi connectivity index (χ0) is 20.1. The molecule has 0 spiro atoms. The van der Waals surface area contributed by atoms with Gasteiger partial charge in [-0.25, -0.2) is 0 Å². The Morgan fingerprint density at radius 2 is 1.57 bits per heavy atom. The van der Waals surface area contributed by atoms with E-state index in [1.807, 2.05) is 24.3 Å². The molecule has 3 rings (SSSR count). The van der Waals surface area contributed by atoms with E-state index in [9.17, 15) is 19.5 Å². The highest BCUT2D eigenvalue weighted by molar-refractivity contribution is 6.02. The van der Waals surface area contributed by atoms with Gasteiger partial charge in [-0.1, -0.05) is 25.0 Å². The molecule has 1 aliphatic heterocycles. The van der Waals surface area contributed by atoms with E-state index in [0.717, 1.165) is 24.2 Å². The maximum atomic E-state index is 12.8. The van der Waals surface area contributed by atoms with Crippen molar-refractivity contribution < 1.29 is 24.2 Å². The molecule has 1 aromatic rings. The molecule has 0 bridgehead atoms. The normalized spacial score (nSPS) is 18.8.